The molecule has 0 radical (unpaired) electrons. The Kier molecular flexibility index (Phi) is 7.01. The van der Waals surface area contributed by atoms with Crippen LogP contribution in [0, 0.1) is 5.82 Å². The van der Waals surface area contributed by atoms with Crippen LogP contribution >= 0.6 is 0 Å². The molecule has 0 fully saturated rings. The Morgan fingerprint density at radius 1 is 1.15 bits per heavy atom. The summed E-state index contributed by atoms with van der Waals surface area (Å²) in [6.45, 7) is 7.37. The van der Waals surface area contributed by atoms with Crippen LogP contribution in [0.1, 0.15) is 45.2 Å². The summed E-state index contributed by atoms with van der Waals surface area (Å²) in [4.78, 5) is 16.8. The molecular formula is C22H26FN5O4S. The Hall–Kier alpha value is -3.47. The number of methoxy groups -OCH3 is 1. The van der Waals surface area contributed by atoms with Crippen LogP contribution in [0.2, 0.25) is 0 Å². The number of amides is 2. The normalized spacial score (nSPS) is 11.6. The van der Waals surface area contributed by atoms with Crippen molar-refractivity contribution >= 4 is 21.7 Å². The van der Waals surface area contributed by atoms with Crippen molar-refractivity contribution in [3.8, 4) is 17.0 Å². The molecular weight excluding hydrogens is 449 g/mol. The molecule has 0 atom stereocenters. The van der Waals surface area contributed by atoms with E-state index < -0.39 is 21.9 Å². The number of aromatic nitrogens is 3. The van der Waals surface area contributed by atoms with E-state index >= 15 is 0 Å². The second kappa shape index (κ2) is 9.57. The molecule has 176 valence electrons. The van der Waals surface area contributed by atoms with Gasteiger partial charge in [-0.15, -0.1) is 0 Å². The Balaban J connectivity index is 1.98. The number of rotatable bonds is 7. The first-order chi connectivity index (χ1) is 15.5. The first-order valence-electron chi connectivity index (χ1n) is 10.2. The third-order valence-electron chi connectivity index (χ3n) is 4.86. The zero-order valence-electron chi connectivity index (χ0n) is 19.0. The van der Waals surface area contributed by atoms with Crippen LogP contribution in [-0.2, 0) is 10.0 Å². The molecule has 0 saturated carbocycles. The molecule has 9 nitrogen and oxygen atoms in total. The summed E-state index contributed by atoms with van der Waals surface area (Å²) in [5, 5.41) is 6.30. The molecule has 3 aromatic rings. The lowest BCUT2D eigenvalue weighted by Gasteiger charge is -2.19. The van der Waals surface area contributed by atoms with Crippen LogP contribution in [0.15, 0.2) is 47.8 Å². The average Bonchev–Trinajstić information content (AvgIpc) is 3.26. The fourth-order valence-electron chi connectivity index (χ4n) is 3.20. The standard InChI is InChI=1S/C22H26FN5O4S/c1-13(2)17-11-16(23)12-18(15-6-8-24-19(10-15)32-5)21(17)25-22(29)27-33(30,31)20-7-9-28(26-20)14(3)4/h6-14H,1-5H3,(H2,25,27,29). The number of anilines is 1. The third-order valence-corrected chi connectivity index (χ3v) is 6.09. The topological polar surface area (TPSA) is 115 Å². The number of benzene rings is 1. The zero-order valence-corrected chi connectivity index (χ0v) is 19.8. The molecule has 0 aliphatic rings. The molecule has 0 bridgehead atoms. The number of urea groups is 1. The fraction of sp³-hybridized carbons (Fsp3) is 0.318. The van der Waals surface area contributed by atoms with Gasteiger partial charge in [0.05, 0.1) is 12.8 Å². The fourth-order valence-corrected chi connectivity index (χ4v) is 4.05. The lowest BCUT2D eigenvalue weighted by Crippen LogP contribution is -2.35. The van der Waals surface area contributed by atoms with Crippen LogP contribution in [0.25, 0.3) is 11.1 Å². The quantitative estimate of drug-likeness (QED) is 0.526. The monoisotopic (exact) mass is 475 g/mol. The molecule has 0 spiro atoms. The molecule has 2 N–H and O–H groups in total. The predicted octanol–water partition coefficient (Wildman–Crippen LogP) is 4.31. The number of carbonyl (C=O) groups excluding carboxylic acids is 1. The first-order valence-corrected chi connectivity index (χ1v) is 11.7. The third kappa shape index (κ3) is 5.48. The minimum Gasteiger partial charge on any atom is -0.481 e. The highest BCUT2D eigenvalue weighted by Gasteiger charge is 2.24. The lowest BCUT2D eigenvalue weighted by molar-refractivity contribution is 0.256. The van der Waals surface area contributed by atoms with E-state index in [2.05, 4.69) is 15.4 Å². The van der Waals surface area contributed by atoms with Crippen molar-refractivity contribution in [2.75, 3.05) is 12.4 Å². The SMILES string of the molecule is COc1cc(-c2cc(F)cc(C(C)C)c2NC(=O)NS(=O)(=O)c2ccn(C(C)C)n2)ccn1. The molecule has 2 aromatic heterocycles. The molecule has 2 heterocycles. The minimum atomic E-state index is -4.22. The number of halogens is 1. The van der Waals surface area contributed by atoms with Crippen LogP contribution in [0.5, 0.6) is 5.88 Å². The molecule has 3 rings (SSSR count). The summed E-state index contributed by atoms with van der Waals surface area (Å²) < 4.78 is 48.3. The maximum atomic E-state index is 14.5. The second-order valence-electron chi connectivity index (χ2n) is 7.95. The molecule has 1 aromatic carbocycles. The van der Waals surface area contributed by atoms with E-state index in [4.69, 9.17) is 4.74 Å². The largest absolute Gasteiger partial charge is 0.481 e. The molecule has 11 heteroatoms. The first kappa shape index (κ1) is 24.2. The van der Waals surface area contributed by atoms with E-state index in [0.717, 1.165) is 0 Å². The van der Waals surface area contributed by atoms with Gasteiger partial charge in [0, 0.05) is 30.1 Å². The molecule has 0 aliphatic carbocycles. The summed E-state index contributed by atoms with van der Waals surface area (Å²) in [5.74, 6) is -0.360. The van der Waals surface area contributed by atoms with E-state index in [-0.39, 0.29) is 22.7 Å². The second-order valence-corrected chi connectivity index (χ2v) is 9.58. The van der Waals surface area contributed by atoms with Gasteiger partial charge >= 0.3 is 6.03 Å². The number of nitrogens with zero attached hydrogens (tertiary/aromatic N) is 3. The van der Waals surface area contributed by atoms with Crippen LogP contribution in [0.3, 0.4) is 0 Å². The van der Waals surface area contributed by atoms with Crippen molar-refractivity contribution in [3.63, 3.8) is 0 Å². The number of carbonyl (C=O) groups is 1. The van der Waals surface area contributed by atoms with Crippen molar-refractivity contribution in [2.45, 2.75) is 44.7 Å². The van der Waals surface area contributed by atoms with Crippen molar-refractivity contribution < 1.29 is 22.3 Å². The van der Waals surface area contributed by atoms with E-state index in [9.17, 15) is 17.6 Å². The summed E-state index contributed by atoms with van der Waals surface area (Å²) in [7, 11) is -2.77. The molecule has 33 heavy (non-hydrogen) atoms. The van der Waals surface area contributed by atoms with Gasteiger partial charge in [-0.3, -0.25) is 4.68 Å². The summed E-state index contributed by atoms with van der Waals surface area (Å²) in [6.07, 6.45) is 3.01. The summed E-state index contributed by atoms with van der Waals surface area (Å²) in [5.41, 5.74) is 1.67. The Morgan fingerprint density at radius 2 is 1.88 bits per heavy atom. The number of ether oxygens (including phenoxy) is 1. The summed E-state index contributed by atoms with van der Waals surface area (Å²) in [6, 6.07) is 6.06. The van der Waals surface area contributed by atoms with Gasteiger partial charge in [0.15, 0.2) is 5.03 Å². The highest BCUT2D eigenvalue weighted by molar-refractivity contribution is 7.90. The molecule has 0 saturated heterocycles. The Morgan fingerprint density at radius 3 is 2.48 bits per heavy atom. The van der Waals surface area contributed by atoms with Crippen LogP contribution in [-0.4, -0.2) is 36.3 Å². The highest BCUT2D eigenvalue weighted by atomic mass is 32.2. The summed E-state index contributed by atoms with van der Waals surface area (Å²) >= 11 is 0. The highest BCUT2D eigenvalue weighted by Crippen LogP contribution is 2.36. The van der Waals surface area contributed by atoms with Gasteiger partial charge < -0.3 is 10.1 Å². The van der Waals surface area contributed by atoms with E-state index in [1.807, 2.05) is 32.4 Å². The maximum absolute atomic E-state index is 14.5. The van der Waals surface area contributed by atoms with Crippen molar-refractivity contribution in [1.82, 2.24) is 19.5 Å². The smallest absolute Gasteiger partial charge is 0.333 e. The van der Waals surface area contributed by atoms with Gasteiger partial charge in [-0.1, -0.05) is 13.8 Å². The van der Waals surface area contributed by atoms with E-state index in [0.29, 0.717) is 22.6 Å². The maximum Gasteiger partial charge on any atom is 0.333 e. The molecule has 0 aliphatic heterocycles. The number of hydrogen-bond donors (Lipinski definition) is 2. The Labute approximate surface area is 192 Å². The number of pyridine rings is 1. The molecule has 2 amide bonds. The van der Waals surface area contributed by atoms with Crippen molar-refractivity contribution in [1.29, 1.82) is 0 Å². The van der Waals surface area contributed by atoms with Crippen molar-refractivity contribution in [2.24, 2.45) is 0 Å². The number of hydrogen-bond acceptors (Lipinski definition) is 6. The number of nitrogens with one attached hydrogen (secondary N) is 2. The Bertz CT molecular complexity index is 1270. The minimum absolute atomic E-state index is 0.0458. The van der Waals surface area contributed by atoms with E-state index in [1.54, 1.807) is 12.1 Å². The lowest BCUT2D eigenvalue weighted by atomic mass is 9.94. The van der Waals surface area contributed by atoms with Gasteiger partial charge in [-0.2, -0.15) is 13.5 Å². The average molecular weight is 476 g/mol. The van der Waals surface area contributed by atoms with E-state index in [1.165, 1.54) is 42.4 Å². The van der Waals surface area contributed by atoms with Gasteiger partial charge in [0.1, 0.15) is 5.82 Å². The zero-order chi connectivity index (χ0) is 24.3. The molecule has 0 unspecified atom stereocenters. The van der Waals surface area contributed by atoms with Crippen molar-refractivity contribution in [3.05, 3.63) is 54.1 Å². The van der Waals surface area contributed by atoms with Crippen LogP contribution in [0.4, 0.5) is 14.9 Å². The van der Waals surface area contributed by atoms with Gasteiger partial charge in [0.2, 0.25) is 5.88 Å². The van der Waals surface area contributed by atoms with Gasteiger partial charge in [0.25, 0.3) is 10.0 Å². The van der Waals surface area contributed by atoms with Crippen LogP contribution < -0.4 is 14.8 Å². The number of sulfonamides is 1. The van der Waals surface area contributed by atoms with Gasteiger partial charge in [-0.25, -0.2) is 18.9 Å². The van der Waals surface area contributed by atoms with Gasteiger partial charge in [-0.05, 0) is 55.2 Å². The predicted molar refractivity (Wildman–Crippen MR) is 122 cm³/mol.